The minimum absolute atomic E-state index is 0. The average molecular weight is 986 g/mol. The predicted molar refractivity (Wildman–Crippen MR) is 261 cm³/mol. The molecule has 1 aliphatic rings. The van der Waals surface area contributed by atoms with E-state index in [-0.39, 0.29) is 34.5 Å². The third kappa shape index (κ3) is 5.95. The Bertz CT molecular complexity index is 3550. The standard InChI is InChI=1S/C56H40B2N4.Pt/c1-35-17-15-18-36(2)54(35)57-45-23-7-8-24-46(45)58(55-37(3)19-16-20-38(55)4)56-44(48-25-11-13-29-59-48)31-39(32-47(56)57)61-49-26-9-5-21-40(49)42-33-43-41-22-6-10-27-50(41)62(52(43)34-51(42)61)53-28-12-14-30-60-53;/h5-30,32-33H,1-4H3;/q-2;+2. The summed E-state index contributed by atoms with van der Waals surface area (Å²) in [7, 11) is 0. The first-order valence-corrected chi connectivity index (χ1v) is 21.5. The maximum absolute atomic E-state index is 5.12. The van der Waals surface area contributed by atoms with Crippen molar-refractivity contribution in [2.24, 2.45) is 0 Å². The van der Waals surface area contributed by atoms with Crippen LogP contribution < -0.4 is 32.8 Å². The predicted octanol–water partition coefficient (Wildman–Crippen LogP) is 8.52. The molecule has 7 aromatic carbocycles. The van der Waals surface area contributed by atoms with Gasteiger partial charge in [-0.3, -0.25) is 0 Å². The number of fused-ring (bicyclic) bond motifs is 8. The Balaban J connectivity index is 0.00000444. The van der Waals surface area contributed by atoms with E-state index in [0.717, 1.165) is 55.6 Å². The fourth-order valence-corrected chi connectivity index (χ4v) is 10.8. The van der Waals surface area contributed by atoms with Crippen molar-refractivity contribution in [3.05, 3.63) is 205 Å². The molecule has 0 atom stereocenters. The molecular weight excluding hydrogens is 945 g/mol. The van der Waals surface area contributed by atoms with Gasteiger partial charge in [0.1, 0.15) is 5.82 Å². The van der Waals surface area contributed by atoms with Gasteiger partial charge in [0.05, 0.1) is 0 Å². The van der Waals surface area contributed by atoms with E-state index in [0.29, 0.717) is 0 Å². The fraction of sp³-hybridized carbons (Fsp3) is 0.0714. The maximum Gasteiger partial charge on any atom is 2.00 e. The van der Waals surface area contributed by atoms with Crippen LogP contribution in [-0.4, -0.2) is 32.5 Å². The number of para-hydroxylation sites is 2. The van der Waals surface area contributed by atoms with Crippen molar-refractivity contribution in [1.29, 1.82) is 0 Å². The van der Waals surface area contributed by atoms with Crippen molar-refractivity contribution in [1.82, 2.24) is 19.1 Å². The average Bonchev–Trinajstić information content (AvgIpc) is 3.80. The van der Waals surface area contributed by atoms with E-state index >= 15 is 0 Å². The van der Waals surface area contributed by atoms with E-state index < -0.39 is 0 Å². The van der Waals surface area contributed by atoms with Crippen LogP contribution in [-0.2, 0) is 21.1 Å². The summed E-state index contributed by atoms with van der Waals surface area (Å²) >= 11 is 0. The molecule has 1 aliphatic heterocycles. The molecular formula is C56H40B2N4Pt. The van der Waals surface area contributed by atoms with Gasteiger partial charge < -0.3 is 14.1 Å². The number of aryl methyl sites for hydroxylation is 4. The Morgan fingerprint density at radius 2 is 0.952 bits per heavy atom. The molecule has 0 N–H and O–H groups in total. The molecule has 63 heavy (non-hydrogen) atoms. The minimum Gasteiger partial charge on any atom is -0.352 e. The van der Waals surface area contributed by atoms with Crippen LogP contribution >= 0.6 is 0 Å². The maximum atomic E-state index is 5.12. The normalized spacial score (nSPS) is 12.3. The quantitative estimate of drug-likeness (QED) is 0.128. The molecule has 4 nitrogen and oxygen atoms in total. The summed E-state index contributed by atoms with van der Waals surface area (Å²) in [4.78, 5) is 9.97. The largest absolute Gasteiger partial charge is 2.00 e. The van der Waals surface area contributed by atoms with Gasteiger partial charge in [0.25, 0.3) is 0 Å². The van der Waals surface area contributed by atoms with Gasteiger partial charge >= 0.3 is 21.1 Å². The smallest absolute Gasteiger partial charge is 0.352 e. The zero-order chi connectivity index (χ0) is 41.6. The topological polar surface area (TPSA) is 35.6 Å². The van der Waals surface area contributed by atoms with Crippen LogP contribution in [0.1, 0.15) is 22.3 Å². The first-order valence-electron chi connectivity index (χ1n) is 21.5. The van der Waals surface area contributed by atoms with Crippen molar-refractivity contribution < 1.29 is 21.1 Å². The molecule has 5 heterocycles. The number of hydrogen-bond donors (Lipinski definition) is 0. The molecule has 0 unspecified atom stereocenters. The van der Waals surface area contributed by atoms with Crippen molar-refractivity contribution in [2.45, 2.75) is 27.7 Å². The number of benzene rings is 7. The molecule has 0 fully saturated rings. The fourth-order valence-electron chi connectivity index (χ4n) is 10.8. The van der Waals surface area contributed by atoms with Crippen LogP contribution in [0.15, 0.2) is 170 Å². The molecule has 0 aliphatic carbocycles. The molecule has 7 heteroatoms. The zero-order valence-electron chi connectivity index (χ0n) is 35.4. The van der Waals surface area contributed by atoms with Crippen LogP contribution in [0.25, 0.3) is 66.4 Å². The van der Waals surface area contributed by atoms with E-state index in [2.05, 4.69) is 195 Å². The summed E-state index contributed by atoms with van der Waals surface area (Å²) in [6.07, 6.45) is 3.78. The van der Waals surface area contributed by atoms with Gasteiger partial charge in [-0.2, -0.15) is 11.5 Å². The molecule has 0 saturated carbocycles. The van der Waals surface area contributed by atoms with Crippen molar-refractivity contribution in [3.8, 4) is 22.8 Å². The molecule has 4 aromatic heterocycles. The van der Waals surface area contributed by atoms with Gasteiger partial charge in [0, 0.05) is 23.4 Å². The number of hydrogen-bond acceptors (Lipinski definition) is 2. The SMILES string of the molecule is Cc1cccc(C)c1B1c2ccccc2B(c2c(C)cccc2C)c2c(-c3ccccn3)[c-]c(-n3c4[c-]c5c(cc4c4ccccc43)c3ccccc3n5-c3ccccn3)cc21.[Pt+2]. The van der Waals surface area contributed by atoms with E-state index in [1.807, 2.05) is 24.5 Å². The molecule has 0 amide bonds. The second-order valence-electron chi connectivity index (χ2n) is 16.9. The number of nitrogens with zero attached hydrogens (tertiary/aromatic N) is 4. The van der Waals surface area contributed by atoms with E-state index in [9.17, 15) is 0 Å². The number of rotatable bonds is 5. The molecule has 12 rings (SSSR count). The van der Waals surface area contributed by atoms with Gasteiger partial charge in [-0.05, 0) is 80.2 Å². The van der Waals surface area contributed by atoms with E-state index in [4.69, 9.17) is 9.97 Å². The summed E-state index contributed by atoms with van der Waals surface area (Å²) in [5.41, 5.74) is 20.1. The molecule has 0 radical (unpaired) electrons. The van der Waals surface area contributed by atoms with Crippen LogP contribution in [0, 0.1) is 39.8 Å². The van der Waals surface area contributed by atoms with Crippen molar-refractivity contribution in [2.75, 3.05) is 0 Å². The second kappa shape index (κ2) is 15.3. The number of aromatic nitrogens is 4. The van der Waals surface area contributed by atoms with Gasteiger partial charge in [0.2, 0.25) is 6.71 Å². The van der Waals surface area contributed by atoms with Crippen LogP contribution in [0.5, 0.6) is 0 Å². The Morgan fingerprint density at radius 1 is 0.429 bits per heavy atom. The summed E-state index contributed by atoms with van der Waals surface area (Å²) < 4.78 is 4.65. The van der Waals surface area contributed by atoms with Gasteiger partial charge in [-0.15, -0.1) is 40.0 Å². The van der Waals surface area contributed by atoms with Crippen molar-refractivity contribution >= 4 is 89.8 Å². The summed E-state index contributed by atoms with van der Waals surface area (Å²) in [6.45, 7) is 8.99. The van der Waals surface area contributed by atoms with E-state index in [1.165, 1.54) is 65.8 Å². The van der Waals surface area contributed by atoms with Crippen LogP contribution in [0.4, 0.5) is 0 Å². The number of pyridine rings is 2. The van der Waals surface area contributed by atoms with Crippen LogP contribution in [0.3, 0.4) is 0 Å². The van der Waals surface area contributed by atoms with Gasteiger partial charge in [-0.1, -0.05) is 170 Å². The first-order chi connectivity index (χ1) is 30.5. The third-order valence-electron chi connectivity index (χ3n) is 13.4. The zero-order valence-corrected chi connectivity index (χ0v) is 37.7. The second-order valence-corrected chi connectivity index (χ2v) is 16.9. The summed E-state index contributed by atoms with van der Waals surface area (Å²) in [6, 6.07) is 65.3. The summed E-state index contributed by atoms with van der Waals surface area (Å²) in [5, 5.41) is 4.64. The Hall–Kier alpha value is -6.74. The molecule has 11 aromatic rings. The van der Waals surface area contributed by atoms with Crippen molar-refractivity contribution in [3.63, 3.8) is 0 Å². The minimum atomic E-state index is -0.0382. The molecule has 0 saturated heterocycles. The molecule has 300 valence electrons. The molecule has 0 bridgehead atoms. The first kappa shape index (κ1) is 39.1. The Kier molecular flexibility index (Phi) is 9.48. The Morgan fingerprint density at radius 3 is 1.56 bits per heavy atom. The third-order valence-corrected chi connectivity index (χ3v) is 13.4. The molecule has 0 spiro atoms. The van der Waals surface area contributed by atoms with Crippen LogP contribution in [0.2, 0.25) is 0 Å². The van der Waals surface area contributed by atoms with Gasteiger partial charge in [0.15, 0.2) is 6.71 Å². The van der Waals surface area contributed by atoms with Gasteiger partial charge in [-0.25, -0.2) is 4.98 Å². The van der Waals surface area contributed by atoms with E-state index in [1.54, 1.807) is 0 Å². The monoisotopic (exact) mass is 985 g/mol. The Labute approximate surface area is 382 Å². The summed E-state index contributed by atoms with van der Waals surface area (Å²) in [5.74, 6) is 0.863.